The molecule has 0 atom stereocenters. The van der Waals surface area contributed by atoms with Crippen LogP contribution in [0, 0.1) is 13.8 Å². The summed E-state index contributed by atoms with van der Waals surface area (Å²) in [4.78, 5) is 5.42. The van der Waals surface area contributed by atoms with E-state index in [1.54, 1.807) is 0 Å². The number of aliphatic imine (C=N–C) groups is 1. The van der Waals surface area contributed by atoms with Crippen LogP contribution in [0.5, 0.6) is 0 Å². The minimum atomic E-state index is 0.217. The van der Waals surface area contributed by atoms with E-state index in [0.29, 0.717) is 6.61 Å². The van der Waals surface area contributed by atoms with Crippen LogP contribution in [0.1, 0.15) is 11.1 Å². The summed E-state index contributed by atoms with van der Waals surface area (Å²) in [7, 11) is 0. The van der Waals surface area contributed by atoms with E-state index in [-0.39, 0.29) is 15.0 Å². The molecular formula is C12H13NOSe. The molecule has 0 spiro atoms. The van der Waals surface area contributed by atoms with Crippen LogP contribution in [0.15, 0.2) is 34.2 Å². The van der Waals surface area contributed by atoms with Crippen molar-refractivity contribution in [2.24, 2.45) is 4.99 Å². The van der Waals surface area contributed by atoms with E-state index in [2.05, 4.69) is 37.6 Å². The molecule has 1 aromatic rings. The molecule has 0 bridgehead atoms. The second kappa shape index (κ2) is 4.21. The van der Waals surface area contributed by atoms with Crippen LogP contribution in [0.2, 0.25) is 0 Å². The second-order valence-corrected chi connectivity index (χ2v) is 5.92. The van der Waals surface area contributed by atoms with Gasteiger partial charge in [-0.05, 0) is 0 Å². The van der Waals surface area contributed by atoms with Gasteiger partial charge in [0.1, 0.15) is 0 Å². The van der Waals surface area contributed by atoms with Crippen molar-refractivity contribution in [1.82, 2.24) is 0 Å². The molecule has 1 heterocycles. The Kier molecular flexibility index (Phi) is 2.94. The maximum atomic E-state index is 5.46. The molecular weight excluding hydrogens is 253 g/mol. The Morgan fingerprint density at radius 3 is 2.53 bits per heavy atom. The van der Waals surface area contributed by atoms with Gasteiger partial charge in [-0.1, -0.05) is 0 Å². The standard InChI is InChI=1S/C12H13NOSe/c1-8-5-4-6-9(2)11(8)13-12-14-7-10(3)15-12/h4-6H,3,7H2,1-2H3. The van der Waals surface area contributed by atoms with Gasteiger partial charge in [0.05, 0.1) is 0 Å². The number of hydrogen-bond acceptors (Lipinski definition) is 2. The molecule has 2 rings (SSSR count). The number of hydrogen-bond donors (Lipinski definition) is 0. The molecule has 1 saturated heterocycles. The zero-order valence-electron chi connectivity index (χ0n) is 8.91. The van der Waals surface area contributed by atoms with E-state index >= 15 is 0 Å². The molecule has 1 fully saturated rings. The Balaban J connectivity index is 2.35. The van der Waals surface area contributed by atoms with E-state index in [9.17, 15) is 0 Å². The first-order chi connectivity index (χ1) is 7.16. The van der Waals surface area contributed by atoms with Gasteiger partial charge in [-0.3, -0.25) is 0 Å². The molecule has 2 nitrogen and oxygen atoms in total. The third kappa shape index (κ3) is 2.31. The van der Waals surface area contributed by atoms with Crippen LogP contribution < -0.4 is 0 Å². The fourth-order valence-electron chi connectivity index (χ4n) is 1.45. The van der Waals surface area contributed by atoms with Crippen molar-refractivity contribution in [2.75, 3.05) is 6.61 Å². The summed E-state index contributed by atoms with van der Waals surface area (Å²) >= 11 is 0.217. The Hall–Kier alpha value is -1.05. The first-order valence-electron chi connectivity index (χ1n) is 4.80. The summed E-state index contributed by atoms with van der Waals surface area (Å²) in [6, 6.07) is 6.19. The zero-order chi connectivity index (χ0) is 10.8. The number of benzene rings is 1. The van der Waals surface area contributed by atoms with E-state index in [1.807, 2.05) is 6.07 Å². The Labute approximate surface area is 96.2 Å². The molecule has 78 valence electrons. The number of nitrogens with zero attached hydrogens (tertiary/aromatic N) is 1. The number of ether oxygens (including phenoxy) is 1. The molecule has 0 amide bonds. The van der Waals surface area contributed by atoms with Crippen molar-refractivity contribution in [3.63, 3.8) is 0 Å². The van der Waals surface area contributed by atoms with Gasteiger partial charge in [-0.15, -0.1) is 0 Å². The van der Waals surface area contributed by atoms with Gasteiger partial charge in [0.25, 0.3) is 0 Å². The predicted molar refractivity (Wildman–Crippen MR) is 63.9 cm³/mol. The summed E-state index contributed by atoms with van der Waals surface area (Å²) in [6.07, 6.45) is 0. The topological polar surface area (TPSA) is 21.6 Å². The molecule has 1 aromatic carbocycles. The van der Waals surface area contributed by atoms with E-state index in [0.717, 1.165) is 15.0 Å². The average molecular weight is 266 g/mol. The monoisotopic (exact) mass is 267 g/mol. The molecule has 1 aliphatic heterocycles. The first kappa shape index (κ1) is 10.5. The third-order valence-corrected chi connectivity index (χ3v) is 3.89. The van der Waals surface area contributed by atoms with Crippen LogP contribution in [-0.4, -0.2) is 26.4 Å². The van der Waals surface area contributed by atoms with E-state index in [1.165, 1.54) is 11.1 Å². The molecule has 0 radical (unpaired) electrons. The molecule has 0 unspecified atom stereocenters. The van der Waals surface area contributed by atoms with Gasteiger partial charge < -0.3 is 0 Å². The Morgan fingerprint density at radius 1 is 1.33 bits per heavy atom. The molecule has 3 heteroatoms. The van der Waals surface area contributed by atoms with Crippen LogP contribution >= 0.6 is 0 Å². The molecule has 15 heavy (non-hydrogen) atoms. The molecule has 0 aliphatic carbocycles. The van der Waals surface area contributed by atoms with Crippen molar-refractivity contribution in [2.45, 2.75) is 13.8 Å². The maximum absolute atomic E-state index is 5.46. The zero-order valence-corrected chi connectivity index (χ0v) is 10.6. The second-order valence-electron chi connectivity index (χ2n) is 3.55. The molecule has 0 saturated carbocycles. The Morgan fingerprint density at radius 2 is 2.00 bits per heavy atom. The number of rotatable bonds is 1. The van der Waals surface area contributed by atoms with Crippen molar-refractivity contribution < 1.29 is 4.74 Å². The molecule has 0 N–H and O–H groups in total. The fourth-order valence-corrected chi connectivity index (χ4v) is 2.75. The summed E-state index contributed by atoms with van der Waals surface area (Å²) < 4.78 is 6.62. The normalized spacial score (nSPS) is 18.3. The van der Waals surface area contributed by atoms with Gasteiger partial charge in [0.15, 0.2) is 0 Å². The minimum absolute atomic E-state index is 0.217. The summed E-state index contributed by atoms with van der Waals surface area (Å²) in [5, 5.41) is 0. The van der Waals surface area contributed by atoms with Crippen LogP contribution in [0.4, 0.5) is 5.69 Å². The van der Waals surface area contributed by atoms with Crippen LogP contribution in [0.25, 0.3) is 0 Å². The summed E-state index contributed by atoms with van der Waals surface area (Å²) in [6.45, 7) is 8.70. The van der Waals surface area contributed by atoms with Crippen molar-refractivity contribution in [3.8, 4) is 0 Å². The van der Waals surface area contributed by atoms with Gasteiger partial charge in [-0.25, -0.2) is 0 Å². The summed E-state index contributed by atoms with van der Waals surface area (Å²) in [5.41, 5.74) is 3.43. The molecule has 1 aliphatic rings. The quantitative estimate of drug-likeness (QED) is 0.716. The van der Waals surface area contributed by atoms with Gasteiger partial charge >= 0.3 is 96.0 Å². The number of aryl methyl sites for hydroxylation is 2. The summed E-state index contributed by atoms with van der Waals surface area (Å²) in [5.74, 6) is 0. The van der Waals surface area contributed by atoms with Gasteiger partial charge in [0.2, 0.25) is 0 Å². The first-order valence-corrected chi connectivity index (χ1v) is 6.51. The van der Waals surface area contributed by atoms with Gasteiger partial charge in [0, 0.05) is 0 Å². The van der Waals surface area contributed by atoms with Crippen LogP contribution in [-0.2, 0) is 4.74 Å². The van der Waals surface area contributed by atoms with Crippen LogP contribution in [0.3, 0.4) is 0 Å². The van der Waals surface area contributed by atoms with E-state index in [4.69, 9.17) is 4.74 Å². The van der Waals surface area contributed by atoms with E-state index < -0.39 is 0 Å². The Bertz CT molecular complexity index is 417. The van der Waals surface area contributed by atoms with Crippen molar-refractivity contribution in [3.05, 3.63) is 40.4 Å². The SMILES string of the molecule is C=C1COC(=Nc2c(C)cccc2C)[Se]1. The van der Waals surface area contributed by atoms with Crippen molar-refractivity contribution >= 4 is 25.4 Å². The fraction of sp³-hybridized carbons (Fsp3) is 0.250. The number of para-hydroxylation sites is 1. The van der Waals surface area contributed by atoms with Gasteiger partial charge in [-0.2, -0.15) is 0 Å². The third-order valence-electron chi connectivity index (χ3n) is 2.23. The predicted octanol–water partition coefficient (Wildman–Crippen LogP) is 2.54. The van der Waals surface area contributed by atoms with Crippen molar-refractivity contribution in [1.29, 1.82) is 0 Å². The molecule has 0 aromatic heterocycles. The average Bonchev–Trinajstić information content (AvgIpc) is 2.58.